The van der Waals surface area contributed by atoms with Crippen molar-refractivity contribution in [1.82, 2.24) is 0 Å². The number of nitro groups is 1. The van der Waals surface area contributed by atoms with E-state index in [4.69, 9.17) is 0 Å². The molecule has 1 aromatic heterocycles. The fourth-order valence-electron chi connectivity index (χ4n) is 1.50. The first kappa shape index (κ1) is 14.9. The number of thiophene rings is 1. The number of rotatable bonds is 5. The standard InChI is InChI=1S/C12H8F2N2O4S/c13-12(14)20-8-4-2-1-3-7(8)15-11(17)9-5-6-10(21-9)16(18)19/h1-6,12H,(H,15,17). The van der Waals surface area contributed by atoms with Crippen molar-refractivity contribution in [3.63, 3.8) is 0 Å². The molecule has 0 radical (unpaired) electrons. The van der Waals surface area contributed by atoms with Crippen molar-refractivity contribution in [2.24, 2.45) is 0 Å². The summed E-state index contributed by atoms with van der Waals surface area (Å²) < 4.78 is 28.8. The number of nitrogens with zero attached hydrogens (tertiary/aromatic N) is 1. The number of ether oxygens (including phenoxy) is 1. The zero-order chi connectivity index (χ0) is 15.4. The molecule has 0 spiro atoms. The second kappa shape index (κ2) is 6.27. The van der Waals surface area contributed by atoms with Gasteiger partial charge in [-0.15, -0.1) is 0 Å². The van der Waals surface area contributed by atoms with Crippen molar-refractivity contribution >= 4 is 27.9 Å². The van der Waals surface area contributed by atoms with Gasteiger partial charge in [-0.3, -0.25) is 14.9 Å². The lowest BCUT2D eigenvalue weighted by atomic mass is 10.3. The minimum Gasteiger partial charge on any atom is -0.433 e. The van der Waals surface area contributed by atoms with Crippen LogP contribution in [0.4, 0.5) is 19.5 Å². The molecule has 1 aromatic carbocycles. The normalized spacial score (nSPS) is 10.4. The first-order valence-electron chi connectivity index (χ1n) is 5.57. The van der Waals surface area contributed by atoms with Gasteiger partial charge in [0, 0.05) is 6.07 Å². The van der Waals surface area contributed by atoms with Crippen molar-refractivity contribution in [2.45, 2.75) is 6.61 Å². The van der Waals surface area contributed by atoms with Crippen molar-refractivity contribution in [3.8, 4) is 5.75 Å². The van der Waals surface area contributed by atoms with E-state index in [1.807, 2.05) is 0 Å². The molecule has 2 rings (SSSR count). The average Bonchev–Trinajstić information content (AvgIpc) is 2.90. The second-order valence-electron chi connectivity index (χ2n) is 3.72. The monoisotopic (exact) mass is 314 g/mol. The van der Waals surface area contributed by atoms with Crippen LogP contribution in [0, 0.1) is 10.1 Å². The highest BCUT2D eigenvalue weighted by Crippen LogP contribution is 2.28. The van der Waals surface area contributed by atoms with Crippen LogP contribution in [0.25, 0.3) is 0 Å². The number of hydrogen-bond donors (Lipinski definition) is 1. The Morgan fingerprint density at radius 3 is 2.62 bits per heavy atom. The van der Waals surface area contributed by atoms with Crippen LogP contribution < -0.4 is 10.1 Å². The fourth-order valence-corrected chi connectivity index (χ4v) is 2.22. The van der Waals surface area contributed by atoms with Gasteiger partial charge >= 0.3 is 11.6 Å². The number of halogens is 2. The molecule has 0 aliphatic carbocycles. The Balaban J connectivity index is 2.17. The van der Waals surface area contributed by atoms with Crippen LogP contribution in [0.5, 0.6) is 5.75 Å². The zero-order valence-corrected chi connectivity index (χ0v) is 11.1. The molecule has 0 saturated heterocycles. The maximum atomic E-state index is 12.2. The maximum Gasteiger partial charge on any atom is 0.387 e. The van der Waals surface area contributed by atoms with Crippen LogP contribution in [0.1, 0.15) is 9.67 Å². The molecule has 1 heterocycles. The summed E-state index contributed by atoms with van der Waals surface area (Å²) >= 11 is 0.688. The lowest BCUT2D eigenvalue weighted by Crippen LogP contribution is -2.12. The molecule has 0 fully saturated rings. The fraction of sp³-hybridized carbons (Fsp3) is 0.0833. The average molecular weight is 314 g/mol. The van der Waals surface area contributed by atoms with E-state index in [-0.39, 0.29) is 21.3 Å². The van der Waals surface area contributed by atoms with E-state index in [2.05, 4.69) is 10.1 Å². The van der Waals surface area contributed by atoms with Crippen molar-refractivity contribution < 1.29 is 23.2 Å². The Bertz CT molecular complexity index is 675. The summed E-state index contributed by atoms with van der Waals surface area (Å²) in [5.74, 6) is -0.828. The molecule has 2 aromatic rings. The molecule has 0 aliphatic rings. The van der Waals surface area contributed by atoms with Gasteiger partial charge in [-0.25, -0.2) is 0 Å². The van der Waals surface area contributed by atoms with Gasteiger partial charge in [0.15, 0.2) is 0 Å². The number of nitrogens with one attached hydrogen (secondary N) is 1. The number of alkyl halides is 2. The highest BCUT2D eigenvalue weighted by Gasteiger charge is 2.17. The Labute approximate surface area is 121 Å². The van der Waals surface area contributed by atoms with Gasteiger partial charge in [-0.2, -0.15) is 8.78 Å². The third-order valence-electron chi connectivity index (χ3n) is 2.35. The Morgan fingerprint density at radius 2 is 2.00 bits per heavy atom. The predicted molar refractivity (Wildman–Crippen MR) is 72.0 cm³/mol. The molecule has 0 saturated carbocycles. The summed E-state index contributed by atoms with van der Waals surface area (Å²) in [6.07, 6.45) is 0. The number of carbonyl (C=O) groups is 1. The van der Waals surface area contributed by atoms with Gasteiger partial charge in [-0.05, 0) is 18.2 Å². The van der Waals surface area contributed by atoms with Gasteiger partial charge in [0.05, 0.1) is 15.5 Å². The number of anilines is 1. The highest BCUT2D eigenvalue weighted by atomic mass is 32.1. The zero-order valence-electron chi connectivity index (χ0n) is 10.3. The van der Waals surface area contributed by atoms with Gasteiger partial charge in [-0.1, -0.05) is 23.5 Å². The molecule has 21 heavy (non-hydrogen) atoms. The van der Waals surface area contributed by atoms with E-state index in [1.165, 1.54) is 36.4 Å². The van der Waals surface area contributed by atoms with E-state index in [9.17, 15) is 23.7 Å². The third kappa shape index (κ3) is 3.72. The van der Waals surface area contributed by atoms with Gasteiger partial charge in [0.2, 0.25) is 0 Å². The second-order valence-corrected chi connectivity index (χ2v) is 4.79. The van der Waals surface area contributed by atoms with Crippen LogP contribution in [-0.4, -0.2) is 17.4 Å². The smallest absolute Gasteiger partial charge is 0.387 e. The van der Waals surface area contributed by atoms with E-state index in [0.29, 0.717) is 11.3 Å². The molecule has 6 nitrogen and oxygen atoms in total. The molecular formula is C12H8F2N2O4S. The van der Waals surface area contributed by atoms with Gasteiger partial charge in [0.1, 0.15) is 5.75 Å². The molecule has 0 bridgehead atoms. The highest BCUT2D eigenvalue weighted by molar-refractivity contribution is 7.17. The Hall–Kier alpha value is -2.55. The summed E-state index contributed by atoms with van der Waals surface area (Å²) in [5, 5.41) is 12.7. The van der Waals surface area contributed by atoms with Crippen LogP contribution in [0.15, 0.2) is 36.4 Å². The van der Waals surface area contributed by atoms with Crippen molar-refractivity contribution in [2.75, 3.05) is 5.32 Å². The molecule has 1 N–H and O–H groups in total. The quantitative estimate of drug-likeness (QED) is 0.676. The van der Waals surface area contributed by atoms with E-state index in [0.717, 1.165) is 0 Å². The van der Waals surface area contributed by atoms with Gasteiger partial charge < -0.3 is 10.1 Å². The van der Waals surface area contributed by atoms with Gasteiger partial charge in [0.25, 0.3) is 5.91 Å². The Morgan fingerprint density at radius 1 is 1.29 bits per heavy atom. The molecule has 110 valence electrons. The first-order chi connectivity index (χ1) is 9.97. The predicted octanol–water partition coefficient (Wildman–Crippen LogP) is 3.51. The summed E-state index contributed by atoms with van der Waals surface area (Å²) in [4.78, 5) is 21.9. The van der Waals surface area contributed by atoms with Crippen molar-refractivity contribution in [1.29, 1.82) is 0 Å². The largest absolute Gasteiger partial charge is 0.433 e. The number of hydrogen-bond acceptors (Lipinski definition) is 5. The minimum absolute atomic E-state index is 0.0545. The first-order valence-corrected chi connectivity index (χ1v) is 6.38. The van der Waals surface area contributed by atoms with E-state index < -0.39 is 17.4 Å². The molecule has 1 amide bonds. The molecule has 0 atom stereocenters. The summed E-state index contributed by atoms with van der Waals surface area (Å²) in [6, 6.07) is 8.15. The Kier molecular flexibility index (Phi) is 4.43. The van der Waals surface area contributed by atoms with Crippen molar-refractivity contribution in [3.05, 3.63) is 51.4 Å². The topological polar surface area (TPSA) is 81.5 Å². The van der Waals surface area contributed by atoms with E-state index in [1.54, 1.807) is 0 Å². The van der Waals surface area contributed by atoms with E-state index >= 15 is 0 Å². The summed E-state index contributed by atoms with van der Waals surface area (Å²) in [6.45, 7) is -3.02. The van der Waals surface area contributed by atoms with Crippen LogP contribution >= 0.6 is 11.3 Å². The van der Waals surface area contributed by atoms with Crippen LogP contribution in [0.2, 0.25) is 0 Å². The lowest BCUT2D eigenvalue weighted by molar-refractivity contribution is -0.380. The number of benzene rings is 1. The summed E-state index contributed by atoms with van der Waals surface area (Å²) in [5.41, 5.74) is 0.0545. The SMILES string of the molecule is O=C(Nc1ccccc1OC(F)F)c1ccc([N+](=O)[O-])s1. The molecule has 0 unspecified atom stereocenters. The number of para-hydroxylation sites is 2. The number of carbonyl (C=O) groups excluding carboxylic acids is 1. The number of amides is 1. The minimum atomic E-state index is -3.02. The summed E-state index contributed by atoms with van der Waals surface area (Å²) in [7, 11) is 0. The van der Waals surface area contributed by atoms with Crippen LogP contribution in [0.3, 0.4) is 0 Å². The molecule has 9 heteroatoms. The third-order valence-corrected chi connectivity index (χ3v) is 3.38. The lowest BCUT2D eigenvalue weighted by Gasteiger charge is -2.10. The molecular weight excluding hydrogens is 306 g/mol. The molecule has 0 aliphatic heterocycles. The maximum absolute atomic E-state index is 12.2. The van der Waals surface area contributed by atoms with Crippen LogP contribution in [-0.2, 0) is 0 Å².